The van der Waals surface area contributed by atoms with E-state index in [0.29, 0.717) is 10.8 Å². The minimum Gasteiger partial charge on any atom is -0.383 e. The van der Waals surface area contributed by atoms with Gasteiger partial charge in [0.1, 0.15) is 11.6 Å². The van der Waals surface area contributed by atoms with Crippen LogP contribution in [0.5, 0.6) is 0 Å². The molecule has 1 aromatic heterocycles. The summed E-state index contributed by atoms with van der Waals surface area (Å²) in [5.41, 5.74) is 7.34. The molecule has 0 bridgehead atoms. The lowest BCUT2D eigenvalue weighted by molar-refractivity contribution is 0.616. The molecule has 0 spiro atoms. The summed E-state index contributed by atoms with van der Waals surface area (Å²) in [7, 11) is 1.77. The zero-order chi connectivity index (χ0) is 13.1. The highest BCUT2D eigenvalue weighted by Crippen LogP contribution is 2.27. The van der Waals surface area contributed by atoms with Gasteiger partial charge in [-0.15, -0.1) is 0 Å². The van der Waals surface area contributed by atoms with E-state index in [2.05, 4.69) is 10.3 Å². The van der Waals surface area contributed by atoms with E-state index < -0.39 is 0 Å². The van der Waals surface area contributed by atoms with Crippen molar-refractivity contribution in [3.05, 3.63) is 58.5 Å². The van der Waals surface area contributed by atoms with Crippen molar-refractivity contribution in [3.8, 4) is 0 Å². The van der Waals surface area contributed by atoms with Crippen LogP contribution in [0.1, 0.15) is 17.2 Å². The number of nitrogens with zero attached hydrogens (tertiary/aromatic N) is 1. The monoisotopic (exact) mass is 265 g/mol. The van der Waals surface area contributed by atoms with Gasteiger partial charge in [-0.2, -0.15) is 0 Å². The summed E-state index contributed by atoms with van der Waals surface area (Å²) in [6.07, 6.45) is 1.48. The van der Waals surface area contributed by atoms with E-state index in [1.54, 1.807) is 19.2 Å². The topological polar surface area (TPSA) is 50.9 Å². The van der Waals surface area contributed by atoms with Gasteiger partial charge in [0.05, 0.1) is 11.1 Å². The molecule has 0 amide bonds. The van der Waals surface area contributed by atoms with Gasteiger partial charge in [0.15, 0.2) is 0 Å². The Bertz CT molecular complexity index is 560. The molecule has 0 aliphatic heterocycles. The number of nitrogen functional groups attached to an aromatic ring is 1. The molecule has 0 aliphatic rings. The smallest absolute Gasteiger partial charge is 0.128 e. The first-order chi connectivity index (χ1) is 8.61. The number of pyridine rings is 1. The number of hydrogen-bond donors (Lipinski definition) is 2. The van der Waals surface area contributed by atoms with Gasteiger partial charge < -0.3 is 11.1 Å². The Morgan fingerprint density at radius 2 is 2.17 bits per heavy atom. The second-order valence-electron chi connectivity index (χ2n) is 3.90. The lowest BCUT2D eigenvalue weighted by Crippen LogP contribution is -2.19. The van der Waals surface area contributed by atoms with Crippen molar-refractivity contribution in [3.63, 3.8) is 0 Å². The first kappa shape index (κ1) is 12.8. The summed E-state index contributed by atoms with van der Waals surface area (Å²) >= 11 is 5.92. The number of hydrogen-bond acceptors (Lipinski definition) is 3. The van der Waals surface area contributed by atoms with E-state index in [1.807, 2.05) is 6.07 Å². The maximum absolute atomic E-state index is 13.3. The van der Waals surface area contributed by atoms with Crippen LogP contribution in [0.15, 0.2) is 36.5 Å². The molecule has 3 nitrogen and oxygen atoms in total. The van der Waals surface area contributed by atoms with Crippen LogP contribution in [0.25, 0.3) is 0 Å². The molecule has 0 saturated carbocycles. The van der Waals surface area contributed by atoms with Crippen LogP contribution in [0, 0.1) is 5.82 Å². The van der Waals surface area contributed by atoms with E-state index in [9.17, 15) is 4.39 Å². The molecule has 0 radical (unpaired) electrons. The van der Waals surface area contributed by atoms with Gasteiger partial charge in [0.25, 0.3) is 0 Å². The predicted molar refractivity (Wildman–Crippen MR) is 71.0 cm³/mol. The highest BCUT2D eigenvalue weighted by Gasteiger charge is 2.16. The normalized spacial score (nSPS) is 12.4. The third-order valence-electron chi connectivity index (χ3n) is 2.70. The molecular formula is C13H13ClFN3. The Labute approximate surface area is 110 Å². The molecule has 1 atom stereocenters. The number of aromatic nitrogens is 1. The van der Waals surface area contributed by atoms with Crippen LogP contribution in [0.3, 0.4) is 0 Å². The van der Waals surface area contributed by atoms with Gasteiger partial charge in [-0.25, -0.2) is 9.37 Å². The lowest BCUT2D eigenvalue weighted by atomic mass is 9.99. The fourth-order valence-corrected chi connectivity index (χ4v) is 2.05. The van der Waals surface area contributed by atoms with E-state index >= 15 is 0 Å². The first-order valence-corrected chi connectivity index (χ1v) is 5.83. The SMILES string of the molecule is CNC(c1cccc(F)c1)c1cc(Cl)cnc1N. The van der Waals surface area contributed by atoms with Crippen molar-refractivity contribution in [2.45, 2.75) is 6.04 Å². The maximum atomic E-state index is 13.3. The minimum absolute atomic E-state index is 0.244. The molecular weight excluding hydrogens is 253 g/mol. The molecule has 0 fully saturated rings. The lowest BCUT2D eigenvalue weighted by Gasteiger charge is -2.18. The summed E-state index contributed by atoms with van der Waals surface area (Å²) in [5, 5.41) is 3.58. The highest BCUT2D eigenvalue weighted by atomic mass is 35.5. The Morgan fingerprint density at radius 3 is 2.83 bits per heavy atom. The van der Waals surface area contributed by atoms with E-state index in [-0.39, 0.29) is 11.9 Å². The number of nitrogens with one attached hydrogen (secondary N) is 1. The zero-order valence-electron chi connectivity index (χ0n) is 9.82. The van der Waals surface area contributed by atoms with Crippen molar-refractivity contribution in [2.24, 2.45) is 0 Å². The average Bonchev–Trinajstić information content (AvgIpc) is 2.35. The van der Waals surface area contributed by atoms with Crippen molar-refractivity contribution < 1.29 is 4.39 Å². The average molecular weight is 266 g/mol. The Balaban J connectivity index is 2.48. The minimum atomic E-state index is -0.290. The zero-order valence-corrected chi connectivity index (χ0v) is 10.6. The number of anilines is 1. The Morgan fingerprint density at radius 1 is 1.39 bits per heavy atom. The van der Waals surface area contributed by atoms with Crippen LogP contribution >= 0.6 is 11.6 Å². The predicted octanol–water partition coefficient (Wildman–Crippen LogP) is 2.77. The third kappa shape index (κ3) is 2.60. The first-order valence-electron chi connectivity index (χ1n) is 5.45. The second kappa shape index (κ2) is 5.33. The van der Waals surface area contributed by atoms with Gasteiger partial charge in [-0.1, -0.05) is 23.7 Å². The van der Waals surface area contributed by atoms with E-state index in [0.717, 1.165) is 11.1 Å². The highest BCUT2D eigenvalue weighted by molar-refractivity contribution is 6.30. The molecule has 0 saturated heterocycles. The quantitative estimate of drug-likeness (QED) is 0.897. The molecule has 2 rings (SSSR count). The Hall–Kier alpha value is -1.65. The molecule has 5 heteroatoms. The van der Waals surface area contributed by atoms with Gasteiger partial charge in [0, 0.05) is 11.8 Å². The second-order valence-corrected chi connectivity index (χ2v) is 4.34. The number of rotatable bonds is 3. The van der Waals surface area contributed by atoms with Crippen molar-refractivity contribution >= 4 is 17.4 Å². The molecule has 1 heterocycles. The van der Waals surface area contributed by atoms with Gasteiger partial charge in [-0.3, -0.25) is 0 Å². The van der Waals surface area contributed by atoms with Gasteiger partial charge >= 0.3 is 0 Å². The van der Waals surface area contributed by atoms with Crippen LogP contribution in [-0.2, 0) is 0 Å². The molecule has 18 heavy (non-hydrogen) atoms. The van der Waals surface area contributed by atoms with Crippen molar-refractivity contribution in [1.29, 1.82) is 0 Å². The molecule has 94 valence electrons. The standard InChI is InChI=1S/C13H13ClFN3/c1-17-12(8-3-2-4-10(15)5-8)11-6-9(14)7-18-13(11)16/h2-7,12,17H,1H3,(H2,16,18). The fourth-order valence-electron chi connectivity index (χ4n) is 1.88. The number of halogens is 2. The molecule has 0 aliphatic carbocycles. The summed E-state index contributed by atoms with van der Waals surface area (Å²) < 4.78 is 13.3. The summed E-state index contributed by atoms with van der Waals surface area (Å²) in [6.45, 7) is 0. The molecule has 1 aromatic carbocycles. The largest absolute Gasteiger partial charge is 0.383 e. The van der Waals surface area contributed by atoms with E-state index in [4.69, 9.17) is 17.3 Å². The third-order valence-corrected chi connectivity index (χ3v) is 2.90. The Kier molecular flexibility index (Phi) is 3.79. The summed E-state index contributed by atoms with van der Waals surface area (Å²) in [4.78, 5) is 4.01. The van der Waals surface area contributed by atoms with E-state index in [1.165, 1.54) is 18.3 Å². The van der Waals surface area contributed by atoms with Crippen LogP contribution in [0.2, 0.25) is 5.02 Å². The number of benzene rings is 1. The molecule has 1 unspecified atom stereocenters. The summed E-state index contributed by atoms with van der Waals surface area (Å²) in [6, 6.07) is 7.83. The van der Waals surface area contributed by atoms with Crippen molar-refractivity contribution in [2.75, 3.05) is 12.8 Å². The van der Waals surface area contributed by atoms with Gasteiger partial charge in [-0.05, 0) is 30.8 Å². The number of nitrogens with two attached hydrogens (primary N) is 1. The molecule has 3 N–H and O–H groups in total. The van der Waals surface area contributed by atoms with Crippen molar-refractivity contribution in [1.82, 2.24) is 10.3 Å². The van der Waals surface area contributed by atoms with Crippen LogP contribution < -0.4 is 11.1 Å². The van der Waals surface area contributed by atoms with Gasteiger partial charge in [0.2, 0.25) is 0 Å². The fraction of sp³-hybridized carbons (Fsp3) is 0.154. The maximum Gasteiger partial charge on any atom is 0.128 e. The van der Waals surface area contributed by atoms with Crippen LogP contribution in [-0.4, -0.2) is 12.0 Å². The molecule has 2 aromatic rings. The van der Waals surface area contributed by atoms with Crippen LogP contribution in [0.4, 0.5) is 10.2 Å². The summed E-state index contributed by atoms with van der Waals surface area (Å²) in [5.74, 6) is 0.0873.